The average Bonchev–Trinajstić information content (AvgIpc) is 3.17. The Morgan fingerprint density at radius 1 is 1.20 bits per heavy atom. The van der Waals surface area contributed by atoms with Gasteiger partial charge < -0.3 is 14.3 Å². The van der Waals surface area contributed by atoms with E-state index in [-0.39, 0.29) is 11.9 Å². The maximum Gasteiger partial charge on any atom is 0.316 e. The minimum Gasteiger partial charge on any atom is -0.459 e. The Kier molecular flexibility index (Phi) is 7.45. The van der Waals surface area contributed by atoms with Crippen LogP contribution in [0.2, 0.25) is 0 Å². The summed E-state index contributed by atoms with van der Waals surface area (Å²) in [6.07, 6.45) is 3.62. The predicted octanol–water partition coefficient (Wildman–Crippen LogP) is 3.35. The molecule has 4 nitrogen and oxygen atoms in total. The summed E-state index contributed by atoms with van der Waals surface area (Å²) in [6.45, 7) is 7.54. The number of rotatable bonds is 9. The number of aliphatic hydroxyl groups excluding tert-OH is 1. The minimum absolute atomic E-state index is 0.199. The first-order valence-electron chi connectivity index (χ1n) is 9.74. The lowest BCUT2D eigenvalue weighted by atomic mass is 9.85. The largest absolute Gasteiger partial charge is 0.459 e. The van der Waals surface area contributed by atoms with Crippen LogP contribution < -0.4 is 0 Å². The molecule has 0 heterocycles. The summed E-state index contributed by atoms with van der Waals surface area (Å²) >= 11 is 0. The quantitative estimate of drug-likeness (QED) is 0.550. The van der Waals surface area contributed by atoms with Crippen molar-refractivity contribution in [2.45, 2.75) is 51.6 Å². The molecule has 1 fully saturated rings. The molecule has 1 N–H and O–H groups in total. The van der Waals surface area contributed by atoms with Crippen LogP contribution in [0.1, 0.15) is 51.0 Å². The van der Waals surface area contributed by atoms with Crippen LogP contribution in [0.4, 0.5) is 0 Å². The van der Waals surface area contributed by atoms with Crippen LogP contribution in [0.25, 0.3) is 0 Å². The van der Waals surface area contributed by atoms with Crippen molar-refractivity contribution in [3.8, 4) is 0 Å². The van der Waals surface area contributed by atoms with Gasteiger partial charge in [0.25, 0.3) is 0 Å². The average molecular weight is 349 g/mol. The third kappa shape index (κ3) is 5.29. The number of esters is 1. The minimum atomic E-state index is -0.657. The first kappa shape index (κ1) is 19.9. The molecule has 0 bridgehead atoms. The van der Waals surface area contributed by atoms with Gasteiger partial charge in [0.2, 0.25) is 0 Å². The maximum atomic E-state index is 12.8. The fourth-order valence-electron chi connectivity index (χ4n) is 3.70. The molecule has 4 heteroatoms. The molecule has 140 valence electrons. The molecule has 1 aromatic rings. The van der Waals surface area contributed by atoms with Gasteiger partial charge in [-0.1, -0.05) is 43.2 Å². The van der Waals surface area contributed by atoms with Gasteiger partial charge in [-0.2, -0.15) is 0 Å². The van der Waals surface area contributed by atoms with E-state index >= 15 is 0 Å². The number of carbonyl (C=O) groups excluding carboxylic acids is 1. The van der Waals surface area contributed by atoms with Crippen LogP contribution in [-0.2, 0) is 9.53 Å². The zero-order valence-corrected chi connectivity index (χ0v) is 16.0. The van der Waals surface area contributed by atoms with E-state index in [1.54, 1.807) is 0 Å². The Bertz CT molecular complexity index is 521. The lowest BCUT2D eigenvalue weighted by molar-refractivity contribution is -0.906. The smallest absolute Gasteiger partial charge is 0.316 e. The van der Waals surface area contributed by atoms with Gasteiger partial charge in [-0.15, -0.1) is 0 Å². The van der Waals surface area contributed by atoms with Crippen molar-refractivity contribution < 1.29 is 19.1 Å². The third-order valence-electron chi connectivity index (χ3n) is 6.04. The number of quaternary nitrogens is 1. The SMILES string of the molecule is CC[N+](C)(CC)CCOC(=O)C(c1ccccc1)C(O)C1CCCC1. The fraction of sp³-hybridized carbons (Fsp3) is 0.667. The highest BCUT2D eigenvalue weighted by Gasteiger charge is 2.36. The van der Waals surface area contributed by atoms with E-state index in [0.29, 0.717) is 6.61 Å². The number of benzene rings is 1. The Balaban J connectivity index is 2.05. The molecule has 25 heavy (non-hydrogen) atoms. The summed E-state index contributed by atoms with van der Waals surface area (Å²) in [4.78, 5) is 12.8. The number of carbonyl (C=O) groups is 1. The maximum absolute atomic E-state index is 12.8. The van der Waals surface area contributed by atoms with Gasteiger partial charge in [0, 0.05) is 0 Å². The molecule has 0 aliphatic heterocycles. The highest BCUT2D eigenvalue weighted by atomic mass is 16.5. The summed E-state index contributed by atoms with van der Waals surface area (Å²) in [6, 6.07) is 9.60. The second-order valence-corrected chi connectivity index (χ2v) is 7.57. The molecule has 1 aliphatic carbocycles. The molecule has 0 radical (unpaired) electrons. The first-order chi connectivity index (χ1) is 12.0. The molecular formula is C21H34NO3+. The highest BCUT2D eigenvalue weighted by Crippen LogP contribution is 2.35. The summed E-state index contributed by atoms with van der Waals surface area (Å²) in [7, 11) is 2.18. The van der Waals surface area contributed by atoms with E-state index in [4.69, 9.17) is 4.74 Å². The second-order valence-electron chi connectivity index (χ2n) is 7.57. The zero-order chi connectivity index (χ0) is 18.3. The molecule has 0 spiro atoms. The van der Waals surface area contributed by atoms with Gasteiger partial charge >= 0.3 is 5.97 Å². The van der Waals surface area contributed by atoms with Crippen molar-refractivity contribution in [3.05, 3.63) is 35.9 Å². The number of nitrogens with zero attached hydrogens (tertiary/aromatic N) is 1. The molecule has 0 saturated heterocycles. The van der Waals surface area contributed by atoms with E-state index < -0.39 is 12.0 Å². The molecule has 2 atom stereocenters. The second kappa shape index (κ2) is 9.35. The molecule has 2 unspecified atom stereocenters. The van der Waals surface area contributed by atoms with E-state index in [1.165, 1.54) is 0 Å². The Morgan fingerprint density at radius 2 is 1.80 bits per heavy atom. The van der Waals surface area contributed by atoms with Crippen molar-refractivity contribution in [1.82, 2.24) is 0 Å². The van der Waals surface area contributed by atoms with Gasteiger partial charge in [0.15, 0.2) is 0 Å². The number of aliphatic hydroxyl groups is 1. The van der Waals surface area contributed by atoms with Crippen LogP contribution >= 0.6 is 0 Å². The normalized spacial score (nSPS) is 18.1. The zero-order valence-electron chi connectivity index (χ0n) is 16.0. The first-order valence-corrected chi connectivity index (χ1v) is 9.74. The summed E-state index contributed by atoms with van der Waals surface area (Å²) < 4.78 is 6.51. The van der Waals surface area contributed by atoms with Crippen molar-refractivity contribution in [1.29, 1.82) is 0 Å². The van der Waals surface area contributed by atoms with Crippen molar-refractivity contribution >= 4 is 5.97 Å². The summed E-state index contributed by atoms with van der Waals surface area (Å²) in [5.41, 5.74) is 0.857. The van der Waals surface area contributed by atoms with Crippen LogP contribution in [0.3, 0.4) is 0 Å². The topological polar surface area (TPSA) is 46.5 Å². The fourth-order valence-corrected chi connectivity index (χ4v) is 3.70. The van der Waals surface area contributed by atoms with E-state index in [2.05, 4.69) is 20.9 Å². The lowest BCUT2D eigenvalue weighted by Crippen LogP contribution is -2.46. The lowest BCUT2D eigenvalue weighted by Gasteiger charge is -2.32. The summed E-state index contributed by atoms with van der Waals surface area (Å²) in [5, 5.41) is 10.9. The van der Waals surface area contributed by atoms with Gasteiger partial charge in [0.05, 0.1) is 26.2 Å². The van der Waals surface area contributed by atoms with Crippen LogP contribution in [0.15, 0.2) is 30.3 Å². The van der Waals surface area contributed by atoms with Gasteiger partial charge in [-0.25, -0.2) is 0 Å². The highest BCUT2D eigenvalue weighted by molar-refractivity contribution is 5.79. The molecule has 0 amide bonds. The Morgan fingerprint density at radius 3 is 2.36 bits per heavy atom. The number of ether oxygens (including phenoxy) is 1. The molecule has 1 saturated carbocycles. The molecule has 1 aromatic carbocycles. The standard InChI is InChI=1S/C21H34NO3/c1-4-22(3,5-2)15-16-25-21(24)19(17-11-7-6-8-12-17)20(23)18-13-9-10-14-18/h6-8,11-12,18-20,23H,4-5,9-10,13-16H2,1-3H3/q+1. The van der Waals surface area contributed by atoms with Crippen molar-refractivity contribution in [2.75, 3.05) is 33.3 Å². The van der Waals surface area contributed by atoms with E-state index in [1.807, 2.05) is 30.3 Å². The van der Waals surface area contributed by atoms with Gasteiger partial charge in [0.1, 0.15) is 19.1 Å². The van der Waals surface area contributed by atoms with E-state index in [9.17, 15) is 9.90 Å². The predicted molar refractivity (Wildman–Crippen MR) is 100 cm³/mol. The third-order valence-corrected chi connectivity index (χ3v) is 6.04. The Labute approximate surface area is 152 Å². The van der Waals surface area contributed by atoms with Gasteiger partial charge in [-0.05, 0) is 38.2 Å². The molecule has 0 aromatic heterocycles. The molecular weight excluding hydrogens is 314 g/mol. The Hall–Kier alpha value is -1.39. The van der Waals surface area contributed by atoms with E-state index in [0.717, 1.165) is 55.4 Å². The number of hydrogen-bond donors (Lipinski definition) is 1. The number of likely N-dealkylation sites (N-methyl/N-ethyl adjacent to an activating group) is 1. The van der Waals surface area contributed by atoms with Gasteiger partial charge in [-0.3, -0.25) is 4.79 Å². The van der Waals surface area contributed by atoms with Crippen LogP contribution in [0.5, 0.6) is 0 Å². The number of hydrogen-bond acceptors (Lipinski definition) is 3. The van der Waals surface area contributed by atoms with Crippen LogP contribution in [0, 0.1) is 5.92 Å². The molecule has 2 rings (SSSR count). The van der Waals surface area contributed by atoms with Crippen molar-refractivity contribution in [2.24, 2.45) is 5.92 Å². The monoisotopic (exact) mass is 348 g/mol. The van der Waals surface area contributed by atoms with Crippen LogP contribution in [-0.4, -0.2) is 55.0 Å². The van der Waals surface area contributed by atoms with Crippen molar-refractivity contribution in [3.63, 3.8) is 0 Å². The molecule has 1 aliphatic rings. The summed E-state index contributed by atoms with van der Waals surface area (Å²) in [5.74, 6) is -0.666.